The summed E-state index contributed by atoms with van der Waals surface area (Å²) in [5.41, 5.74) is -0.290. The molecule has 0 amide bonds. The molecular weight excluding hydrogens is 300 g/mol. The second kappa shape index (κ2) is 6.24. The van der Waals surface area contributed by atoms with Gasteiger partial charge in [0.05, 0.1) is 0 Å². The van der Waals surface area contributed by atoms with E-state index in [1.165, 1.54) is 11.6 Å². The quantitative estimate of drug-likeness (QED) is 0.636. The SMILES string of the molecule is CC[C@H](C)Sc1nc(C(C)C)nc2c1c(=O)n(C)c(=O)n2C. The number of aryl methyl sites for hydroxylation is 1. The number of aromatic nitrogens is 4. The van der Waals surface area contributed by atoms with Gasteiger partial charge in [-0.15, -0.1) is 11.8 Å². The van der Waals surface area contributed by atoms with E-state index in [9.17, 15) is 9.59 Å². The molecule has 0 bridgehead atoms. The molecule has 0 saturated heterocycles. The maximum absolute atomic E-state index is 12.5. The lowest BCUT2D eigenvalue weighted by atomic mass is 10.2. The van der Waals surface area contributed by atoms with Crippen LogP contribution in [0, 0.1) is 0 Å². The number of nitrogens with zero attached hydrogens (tertiary/aromatic N) is 4. The summed E-state index contributed by atoms with van der Waals surface area (Å²) in [7, 11) is 3.12. The Morgan fingerprint density at radius 3 is 2.27 bits per heavy atom. The number of thioether (sulfide) groups is 1. The summed E-state index contributed by atoms with van der Waals surface area (Å²) >= 11 is 1.56. The molecule has 0 unspecified atom stereocenters. The molecule has 0 fully saturated rings. The van der Waals surface area contributed by atoms with Crippen LogP contribution in [0.15, 0.2) is 14.6 Å². The smallest absolute Gasteiger partial charge is 0.280 e. The van der Waals surface area contributed by atoms with E-state index in [2.05, 4.69) is 23.8 Å². The number of rotatable bonds is 4. The normalized spacial score (nSPS) is 13.0. The largest absolute Gasteiger partial charge is 0.332 e. The molecule has 0 aliphatic rings. The highest BCUT2D eigenvalue weighted by atomic mass is 32.2. The van der Waals surface area contributed by atoms with E-state index in [1.807, 2.05) is 13.8 Å². The summed E-state index contributed by atoms with van der Waals surface area (Å²) < 4.78 is 2.53. The van der Waals surface area contributed by atoms with E-state index in [-0.39, 0.29) is 17.2 Å². The van der Waals surface area contributed by atoms with Crippen LogP contribution in [0.25, 0.3) is 11.0 Å². The first-order valence-corrected chi connectivity index (χ1v) is 8.30. The zero-order valence-electron chi connectivity index (χ0n) is 13.9. The Morgan fingerprint density at radius 2 is 1.73 bits per heavy atom. The van der Waals surface area contributed by atoms with Crippen molar-refractivity contribution in [2.24, 2.45) is 14.1 Å². The first-order chi connectivity index (χ1) is 10.3. The molecule has 1 atom stereocenters. The molecule has 0 aliphatic carbocycles. The Morgan fingerprint density at radius 1 is 1.09 bits per heavy atom. The van der Waals surface area contributed by atoms with Crippen molar-refractivity contribution in [1.82, 2.24) is 19.1 Å². The second-order valence-electron chi connectivity index (χ2n) is 5.78. The van der Waals surface area contributed by atoms with E-state index >= 15 is 0 Å². The molecule has 6 nitrogen and oxygen atoms in total. The minimum Gasteiger partial charge on any atom is -0.280 e. The van der Waals surface area contributed by atoms with Crippen LogP contribution in [-0.2, 0) is 14.1 Å². The Labute approximate surface area is 133 Å². The topological polar surface area (TPSA) is 69.8 Å². The predicted octanol–water partition coefficient (Wildman–Crippen LogP) is 2.04. The first kappa shape index (κ1) is 16.7. The van der Waals surface area contributed by atoms with Gasteiger partial charge in [0.25, 0.3) is 5.56 Å². The molecule has 0 aromatic carbocycles. The molecule has 0 spiro atoms. The van der Waals surface area contributed by atoms with E-state index in [0.29, 0.717) is 27.1 Å². The summed E-state index contributed by atoms with van der Waals surface area (Å²) in [6.45, 7) is 8.19. The molecule has 120 valence electrons. The van der Waals surface area contributed by atoms with Crippen LogP contribution in [0.1, 0.15) is 45.9 Å². The molecule has 2 aromatic rings. The van der Waals surface area contributed by atoms with Crippen LogP contribution in [0.3, 0.4) is 0 Å². The van der Waals surface area contributed by atoms with E-state index in [0.717, 1.165) is 11.0 Å². The van der Waals surface area contributed by atoms with Crippen LogP contribution in [0.5, 0.6) is 0 Å². The molecule has 2 aromatic heterocycles. The Hall–Kier alpha value is -1.63. The number of hydrogen-bond acceptors (Lipinski definition) is 5. The standard InChI is InChI=1S/C15H22N4O2S/c1-7-9(4)22-13-10-12(16-11(17-13)8(2)3)18(5)15(21)19(6)14(10)20/h8-9H,7H2,1-6H3/t9-/m0/s1. The van der Waals surface area contributed by atoms with Crippen LogP contribution in [0.4, 0.5) is 0 Å². The van der Waals surface area contributed by atoms with Gasteiger partial charge in [0.1, 0.15) is 16.2 Å². The summed E-state index contributed by atoms with van der Waals surface area (Å²) in [4.78, 5) is 33.7. The Kier molecular flexibility index (Phi) is 4.75. The van der Waals surface area contributed by atoms with Crippen molar-refractivity contribution in [3.05, 3.63) is 26.7 Å². The van der Waals surface area contributed by atoms with Gasteiger partial charge in [-0.3, -0.25) is 13.9 Å². The predicted molar refractivity (Wildman–Crippen MR) is 89.7 cm³/mol. The van der Waals surface area contributed by atoms with Crippen LogP contribution < -0.4 is 11.2 Å². The third-order valence-electron chi connectivity index (χ3n) is 3.69. The molecule has 2 heterocycles. The summed E-state index contributed by atoms with van der Waals surface area (Å²) in [5, 5.41) is 1.43. The molecule has 0 N–H and O–H groups in total. The molecular formula is C15H22N4O2S. The van der Waals surface area contributed by atoms with Gasteiger partial charge in [-0.25, -0.2) is 14.8 Å². The maximum atomic E-state index is 12.5. The van der Waals surface area contributed by atoms with Crippen LogP contribution >= 0.6 is 11.8 Å². The van der Waals surface area contributed by atoms with E-state index in [4.69, 9.17) is 0 Å². The third-order valence-corrected chi connectivity index (χ3v) is 4.94. The average Bonchev–Trinajstić information content (AvgIpc) is 2.49. The van der Waals surface area contributed by atoms with Gasteiger partial charge < -0.3 is 0 Å². The lowest BCUT2D eigenvalue weighted by molar-refractivity contribution is 0.688. The zero-order chi connectivity index (χ0) is 16.6. The summed E-state index contributed by atoms with van der Waals surface area (Å²) in [6, 6.07) is 0. The summed E-state index contributed by atoms with van der Waals surface area (Å²) in [5.74, 6) is 0.779. The minimum atomic E-state index is -0.370. The third kappa shape index (κ3) is 2.82. The lowest BCUT2D eigenvalue weighted by Gasteiger charge is -2.15. The Balaban J connectivity index is 2.91. The minimum absolute atomic E-state index is 0.125. The summed E-state index contributed by atoms with van der Waals surface area (Å²) in [6.07, 6.45) is 0.971. The highest BCUT2D eigenvalue weighted by molar-refractivity contribution is 8.00. The van der Waals surface area contributed by atoms with E-state index in [1.54, 1.807) is 18.8 Å². The Bertz CT molecular complexity index is 823. The van der Waals surface area contributed by atoms with Crippen molar-refractivity contribution in [2.75, 3.05) is 0 Å². The van der Waals surface area contributed by atoms with Gasteiger partial charge in [-0.2, -0.15) is 0 Å². The zero-order valence-corrected chi connectivity index (χ0v) is 14.7. The molecule has 7 heteroatoms. The molecule has 2 rings (SSSR count). The fraction of sp³-hybridized carbons (Fsp3) is 0.600. The molecule has 0 aliphatic heterocycles. The molecule has 0 radical (unpaired) electrons. The monoisotopic (exact) mass is 322 g/mol. The van der Waals surface area contributed by atoms with Crippen molar-refractivity contribution in [1.29, 1.82) is 0 Å². The number of fused-ring (bicyclic) bond motifs is 1. The van der Waals surface area contributed by atoms with Gasteiger partial charge in [0.15, 0.2) is 5.65 Å². The van der Waals surface area contributed by atoms with Crippen molar-refractivity contribution >= 4 is 22.8 Å². The highest BCUT2D eigenvalue weighted by Crippen LogP contribution is 2.28. The van der Waals surface area contributed by atoms with Gasteiger partial charge in [0.2, 0.25) is 0 Å². The van der Waals surface area contributed by atoms with Gasteiger partial charge in [-0.05, 0) is 6.42 Å². The molecule has 22 heavy (non-hydrogen) atoms. The first-order valence-electron chi connectivity index (χ1n) is 7.42. The number of hydrogen-bond donors (Lipinski definition) is 0. The van der Waals surface area contributed by atoms with Gasteiger partial charge in [-0.1, -0.05) is 27.7 Å². The van der Waals surface area contributed by atoms with Gasteiger partial charge >= 0.3 is 5.69 Å². The highest BCUT2D eigenvalue weighted by Gasteiger charge is 2.19. The van der Waals surface area contributed by atoms with Crippen molar-refractivity contribution in [3.8, 4) is 0 Å². The van der Waals surface area contributed by atoms with Gasteiger partial charge in [0, 0.05) is 25.3 Å². The fourth-order valence-corrected chi connectivity index (χ4v) is 3.05. The lowest BCUT2D eigenvalue weighted by Crippen LogP contribution is -2.38. The second-order valence-corrected chi connectivity index (χ2v) is 7.21. The molecule has 0 saturated carbocycles. The van der Waals surface area contributed by atoms with Crippen LogP contribution in [0.2, 0.25) is 0 Å². The maximum Gasteiger partial charge on any atom is 0.332 e. The van der Waals surface area contributed by atoms with E-state index < -0.39 is 0 Å². The van der Waals surface area contributed by atoms with Crippen molar-refractivity contribution in [2.45, 2.75) is 50.3 Å². The van der Waals surface area contributed by atoms with Crippen LogP contribution in [-0.4, -0.2) is 24.4 Å². The average molecular weight is 322 g/mol. The fourth-order valence-electron chi connectivity index (χ4n) is 2.06. The van der Waals surface area contributed by atoms with Crippen molar-refractivity contribution in [3.63, 3.8) is 0 Å². The van der Waals surface area contributed by atoms with Crippen molar-refractivity contribution < 1.29 is 0 Å².